The molecular weight excluding hydrogens is 270 g/mol. The SMILES string of the molecule is CC1NC(=O)CCN(c2ccc(OC(F)F)cc2)C1=O. The van der Waals surface area contributed by atoms with E-state index in [4.69, 9.17) is 0 Å². The van der Waals surface area contributed by atoms with E-state index in [1.807, 2.05) is 0 Å². The fraction of sp³-hybridized carbons (Fsp3) is 0.385. The quantitative estimate of drug-likeness (QED) is 0.915. The minimum Gasteiger partial charge on any atom is -0.435 e. The number of amides is 2. The van der Waals surface area contributed by atoms with Crippen LogP contribution in [0, 0.1) is 0 Å². The lowest BCUT2D eigenvalue weighted by Gasteiger charge is -2.22. The molecule has 1 atom stereocenters. The van der Waals surface area contributed by atoms with Gasteiger partial charge in [-0.2, -0.15) is 8.78 Å². The summed E-state index contributed by atoms with van der Waals surface area (Å²) in [7, 11) is 0. The predicted molar refractivity (Wildman–Crippen MR) is 67.6 cm³/mol. The van der Waals surface area contributed by atoms with Crippen molar-refractivity contribution in [3.8, 4) is 5.75 Å². The summed E-state index contributed by atoms with van der Waals surface area (Å²) in [6.45, 7) is -1.03. The highest BCUT2D eigenvalue weighted by Gasteiger charge is 2.27. The van der Waals surface area contributed by atoms with Crippen molar-refractivity contribution in [2.24, 2.45) is 0 Å². The Morgan fingerprint density at radius 1 is 1.30 bits per heavy atom. The molecule has 2 rings (SSSR count). The first kappa shape index (κ1) is 14.2. The van der Waals surface area contributed by atoms with Crippen molar-refractivity contribution in [1.29, 1.82) is 0 Å². The van der Waals surface area contributed by atoms with E-state index in [2.05, 4.69) is 10.1 Å². The summed E-state index contributed by atoms with van der Waals surface area (Å²) in [5.74, 6) is -0.405. The predicted octanol–water partition coefficient (Wildman–Crippen LogP) is 1.53. The molecule has 5 nitrogen and oxygen atoms in total. The van der Waals surface area contributed by atoms with Crippen LogP contribution in [-0.4, -0.2) is 31.0 Å². The Morgan fingerprint density at radius 2 is 1.95 bits per heavy atom. The fourth-order valence-corrected chi connectivity index (χ4v) is 2.00. The normalized spacial score (nSPS) is 19.8. The molecule has 1 N–H and O–H groups in total. The minimum atomic E-state index is -2.89. The zero-order valence-electron chi connectivity index (χ0n) is 10.8. The molecule has 0 aromatic heterocycles. The lowest BCUT2D eigenvalue weighted by atomic mass is 10.2. The molecule has 1 fully saturated rings. The number of halogens is 2. The molecule has 0 spiro atoms. The first-order valence-electron chi connectivity index (χ1n) is 6.13. The van der Waals surface area contributed by atoms with Gasteiger partial charge in [0.1, 0.15) is 11.8 Å². The van der Waals surface area contributed by atoms with E-state index in [0.29, 0.717) is 5.69 Å². The number of benzene rings is 1. The molecule has 1 unspecified atom stereocenters. The lowest BCUT2D eigenvalue weighted by Crippen LogP contribution is -2.42. The van der Waals surface area contributed by atoms with Gasteiger partial charge in [0, 0.05) is 18.7 Å². The van der Waals surface area contributed by atoms with Crippen molar-refractivity contribution in [2.75, 3.05) is 11.4 Å². The third-order valence-corrected chi connectivity index (χ3v) is 2.95. The van der Waals surface area contributed by atoms with Crippen molar-refractivity contribution < 1.29 is 23.1 Å². The topological polar surface area (TPSA) is 58.6 Å². The van der Waals surface area contributed by atoms with Crippen molar-refractivity contribution in [3.63, 3.8) is 0 Å². The van der Waals surface area contributed by atoms with Crippen molar-refractivity contribution in [3.05, 3.63) is 24.3 Å². The average molecular weight is 284 g/mol. The van der Waals surface area contributed by atoms with E-state index in [-0.39, 0.29) is 30.5 Å². The summed E-state index contributed by atoms with van der Waals surface area (Å²) in [5.41, 5.74) is 0.542. The number of carbonyl (C=O) groups excluding carboxylic acids is 2. The molecule has 108 valence electrons. The Morgan fingerprint density at radius 3 is 2.55 bits per heavy atom. The molecule has 0 aliphatic carbocycles. The number of hydrogen-bond acceptors (Lipinski definition) is 3. The van der Waals surface area contributed by atoms with E-state index in [1.165, 1.54) is 29.2 Å². The van der Waals surface area contributed by atoms with Crippen LogP contribution in [0.1, 0.15) is 13.3 Å². The van der Waals surface area contributed by atoms with Crippen LogP contribution in [0.5, 0.6) is 5.75 Å². The zero-order valence-corrected chi connectivity index (χ0v) is 10.8. The van der Waals surface area contributed by atoms with Gasteiger partial charge in [-0.25, -0.2) is 0 Å². The molecule has 20 heavy (non-hydrogen) atoms. The molecular formula is C13H14F2N2O3. The molecule has 0 saturated carbocycles. The average Bonchev–Trinajstić information content (AvgIpc) is 2.51. The maximum atomic E-state index is 12.1. The van der Waals surface area contributed by atoms with Gasteiger partial charge >= 0.3 is 6.61 Å². The van der Waals surface area contributed by atoms with Crippen LogP contribution in [0.4, 0.5) is 14.5 Å². The van der Waals surface area contributed by atoms with Gasteiger partial charge in [0.25, 0.3) is 0 Å². The smallest absolute Gasteiger partial charge is 0.387 e. The van der Waals surface area contributed by atoms with Gasteiger partial charge in [0.2, 0.25) is 11.8 Å². The van der Waals surface area contributed by atoms with Gasteiger partial charge in [0.15, 0.2) is 0 Å². The Bertz CT molecular complexity index is 505. The van der Waals surface area contributed by atoms with E-state index < -0.39 is 12.7 Å². The Labute approximate surface area is 114 Å². The highest BCUT2D eigenvalue weighted by molar-refractivity contribution is 6.01. The van der Waals surface area contributed by atoms with Crippen molar-refractivity contribution in [1.82, 2.24) is 5.32 Å². The third kappa shape index (κ3) is 3.23. The second kappa shape index (κ2) is 5.85. The molecule has 7 heteroatoms. The van der Waals surface area contributed by atoms with Crippen molar-refractivity contribution in [2.45, 2.75) is 26.0 Å². The van der Waals surface area contributed by atoms with Crippen LogP contribution in [0.3, 0.4) is 0 Å². The van der Waals surface area contributed by atoms with Crippen LogP contribution >= 0.6 is 0 Å². The van der Waals surface area contributed by atoms with Crippen molar-refractivity contribution >= 4 is 17.5 Å². The van der Waals surface area contributed by atoms with Gasteiger partial charge in [-0.05, 0) is 31.2 Å². The second-order valence-corrected chi connectivity index (χ2v) is 4.40. The molecule has 1 aliphatic rings. The Balaban J connectivity index is 2.17. The van der Waals surface area contributed by atoms with Crippen LogP contribution in [0.15, 0.2) is 24.3 Å². The molecule has 0 radical (unpaired) electrons. The molecule has 2 amide bonds. The number of rotatable bonds is 3. The number of hydrogen-bond donors (Lipinski definition) is 1. The summed E-state index contributed by atoms with van der Waals surface area (Å²) in [5, 5.41) is 2.57. The first-order valence-corrected chi connectivity index (χ1v) is 6.13. The Hall–Kier alpha value is -2.18. The van der Waals surface area contributed by atoms with E-state index in [9.17, 15) is 18.4 Å². The number of nitrogens with zero attached hydrogens (tertiary/aromatic N) is 1. The molecule has 1 saturated heterocycles. The highest BCUT2D eigenvalue weighted by atomic mass is 19.3. The number of anilines is 1. The number of alkyl halides is 2. The molecule has 0 bridgehead atoms. The van der Waals surface area contributed by atoms with Crippen LogP contribution in [-0.2, 0) is 9.59 Å². The maximum Gasteiger partial charge on any atom is 0.387 e. The van der Waals surface area contributed by atoms with E-state index in [0.717, 1.165) is 0 Å². The minimum absolute atomic E-state index is 0.0215. The number of nitrogens with one attached hydrogen (secondary N) is 1. The number of ether oxygens (including phenoxy) is 1. The Kier molecular flexibility index (Phi) is 4.16. The van der Waals surface area contributed by atoms with Gasteiger partial charge < -0.3 is 15.0 Å². The largest absolute Gasteiger partial charge is 0.435 e. The van der Waals surface area contributed by atoms with Crippen LogP contribution < -0.4 is 15.0 Å². The monoisotopic (exact) mass is 284 g/mol. The molecule has 1 heterocycles. The summed E-state index contributed by atoms with van der Waals surface area (Å²) < 4.78 is 28.3. The zero-order chi connectivity index (χ0) is 14.7. The maximum absolute atomic E-state index is 12.1. The standard InChI is InChI=1S/C13H14F2N2O3/c1-8-12(19)17(7-6-11(18)16-8)9-2-4-10(5-3-9)20-13(14)15/h2-5,8,13H,6-7H2,1H3,(H,16,18). The lowest BCUT2D eigenvalue weighted by molar-refractivity contribution is -0.125. The van der Waals surface area contributed by atoms with Gasteiger partial charge in [-0.3, -0.25) is 9.59 Å². The molecule has 1 aromatic carbocycles. The first-order chi connectivity index (χ1) is 9.47. The summed E-state index contributed by atoms with van der Waals surface area (Å²) in [4.78, 5) is 25.0. The highest BCUT2D eigenvalue weighted by Crippen LogP contribution is 2.22. The molecule has 1 aromatic rings. The number of carbonyl (C=O) groups is 2. The van der Waals surface area contributed by atoms with Crippen LogP contribution in [0.25, 0.3) is 0 Å². The van der Waals surface area contributed by atoms with Crippen LogP contribution in [0.2, 0.25) is 0 Å². The van der Waals surface area contributed by atoms with Gasteiger partial charge in [0.05, 0.1) is 0 Å². The molecule has 1 aliphatic heterocycles. The van der Waals surface area contributed by atoms with E-state index >= 15 is 0 Å². The summed E-state index contributed by atoms with van der Waals surface area (Å²) in [6.07, 6.45) is 0.200. The van der Waals surface area contributed by atoms with Gasteiger partial charge in [-0.1, -0.05) is 0 Å². The van der Waals surface area contributed by atoms with E-state index in [1.54, 1.807) is 6.92 Å². The second-order valence-electron chi connectivity index (χ2n) is 4.40. The third-order valence-electron chi connectivity index (χ3n) is 2.95. The fourth-order valence-electron chi connectivity index (χ4n) is 2.00. The summed E-state index contributed by atoms with van der Waals surface area (Å²) in [6, 6.07) is 5.14. The summed E-state index contributed by atoms with van der Waals surface area (Å²) >= 11 is 0. The van der Waals surface area contributed by atoms with Gasteiger partial charge in [-0.15, -0.1) is 0 Å².